The van der Waals surface area contributed by atoms with E-state index in [9.17, 15) is 4.79 Å². The number of hydrogen-bond acceptors (Lipinski definition) is 2. The Bertz CT molecular complexity index is 280. The third-order valence-corrected chi connectivity index (χ3v) is 2.15. The molecule has 1 rings (SSSR count). The van der Waals surface area contributed by atoms with E-state index in [-0.39, 0.29) is 29.6 Å². The van der Waals surface area contributed by atoms with Crippen LogP contribution in [0.2, 0.25) is 5.02 Å². The number of carbonyl (C=O) groups excluding carboxylic acids is 1. The monoisotopic (exact) mass is 226 g/mol. The van der Waals surface area contributed by atoms with Gasteiger partial charge in [-0.1, -0.05) is 11.6 Å². The fourth-order valence-corrected chi connectivity index (χ4v) is 1.23. The molecule has 0 unspecified atom stereocenters. The molecular weight excluding hydrogens is 219 g/mol. The first-order valence-electron chi connectivity index (χ1n) is 3.16. The number of rotatable bonds is 2. The molecule has 0 heterocycles. The molecule has 0 aliphatic carbocycles. The zero-order chi connectivity index (χ0) is 8.97. The first-order valence-corrected chi connectivity index (χ1v) is 4.36. The number of nitrogens with two attached hydrogens (primary N) is 1. The maximum atomic E-state index is 10.3. The Hall–Kier alpha value is 0.130. The van der Waals surface area contributed by atoms with E-state index >= 15 is 0 Å². The van der Waals surface area contributed by atoms with Crippen LogP contribution in [-0.4, -0.2) is 35.6 Å². The van der Waals surface area contributed by atoms with E-state index in [4.69, 9.17) is 17.3 Å². The maximum absolute atomic E-state index is 10.3. The molecule has 0 aliphatic rings. The first kappa shape index (κ1) is 13.1. The molecule has 0 saturated carbocycles. The summed E-state index contributed by atoms with van der Waals surface area (Å²) >= 11 is 6.81. The normalized spacial score (nSPS) is 8.69. The predicted molar refractivity (Wildman–Crippen MR) is 57.2 cm³/mol. The summed E-state index contributed by atoms with van der Waals surface area (Å²) in [5, 5.41) is 0.665. The molecule has 3 N–H and O–H groups in total. The van der Waals surface area contributed by atoms with Gasteiger partial charge in [0.05, 0.1) is 0 Å². The van der Waals surface area contributed by atoms with Gasteiger partial charge in [0.1, 0.15) is 0 Å². The van der Waals surface area contributed by atoms with Gasteiger partial charge in [0, 0.05) is 9.92 Å². The SMILES string of the molecule is NC(=O)NSc1ccc(Cl)cc1.[NaH]. The molecule has 1 aromatic rings. The first-order chi connectivity index (χ1) is 5.68. The van der Waals surface area contributed by atoms with Crippen LogP contribution >= 0.6 is 23.5 Å². The summed E-state index contributed by atoms with van der Waals surface area (Å²) in [6.45, 7) is 0. The zero-order valence-corrected chi connectivity index (χ0v) is 7.65. The summed E-state index contributed by atoms with van der Waals surface area (Å²) < 4.78 is 2.39. The average Bonchev–Trinajstić information content (AvgIpc) is 2.03. The van der Waals surface area contributed by atoms with Gasteiger partial charge in [0.25, 0.3) is 0 Å². The summed E-state index contributed by atoms with van der Waals surface area (Å²) in [5.74, 6) is 0. The van der Waals surface area contributed by atoms with Crippen molar-refractivity contribution in [3.63, 3.8) is 0 Å². The minimum absolute atomic E-state index is 0. The second-order valence-corrected chi connectivity index (χ2v) is 3.34. The van der Waals surface area contributed by atoms with Crippen LogP contribution in [0.3, 0.4) is 0 Å². The van der Waals surface area contributed by atoms with Crippen molar-refractivity contribution in [2.24, 2.45) is 5.73 Å². The third kappa shape index (κ3) is 5.44. The van der Waals surface area contributed by atoms with Crippen LogP contribution < -0.4 is 10.5 Å². The van der Waals surface area contributed by atoms with Crippen molar-refractivity contribution >= 4 is 59.1 Å². The van der Waals surface area contributed by atoms with Crippen LogP contribution in [0, 0.1) is 0 Å². The molecule has 0 saturated heterocycles. The van der Waals surface area contributed by atoms with Crippen molar-refractivity contribution in [2.45, 2.75) is 4.90 Å². The van der Waals surface area contributed by atoms with Crippen molar-refractivity contribution in [3.8, 4) is 0 Å². The molecule has 2 amide bonds. The second-order valence-electron chi connectivity index (χ2n) is 2.02. The quantitative estimate of drug-likeness (QED) is 0.591. The molecule has 0 spiro atoms. The summed E-state index contributed by atoms with van der Waals surface area (Å²) in [6.07, 6.45) is 0. The summed E-state index contributed by atoms with van der Waals surface area (Å²) in [5.41, 5.74) is 4.87. The Morgan fingerprint density at radius 2 is 1.92 bits per heavy atom. The van der Waals surface area contributed by atoms with E-state index in [0.29, 0.717) is 5.02 Å². The third-order valence-electron chi connectivity index (χ3n) is 1.08. The number of nitrogens with one attached hydrogen (secondary N) is 1. The Labute approximate surface area is 108 Å². The summed E-state index contributed by atoms with van der Waals surface area (Å²) in [7, 11) is 0. The summed E-state index contributed by atoms with van der Waals surface area (Å²) in [6, 6.07) is 6.51. The Balaban J connectivity index is 0.00000144. The standard InChI is InChI=1S/C7H7ClN2OS.Na.H/c8-5-1-3-6(4-2-5)12-10-7(9)11;;/h1-4H,(H3,9,10,11);;. The van der Waals surface area contributed by atoms with Gasteiger partial charge in [-0.05, 0) is 36.2 Å². The van der Waals surface area contributed by atoms with E-state index in [1.54, 1.807) is 24.3 Å². The van der Waals surface area contributed by atoms with Crippen molar-refractivity contribution in [1.29, 1.82) is 0 Å². The van der Waals surface area contributed by atoms with Gasteiger partial charge in [0.2, 0.25) is 0 Å². The van der Waals surface area contributed by atoms with E-state index in [2.05, 4.69) is 4.72 Å². The molecule has 13 heavy (non-hydrogen) atoms. The van der Waals surface area contributed by atoms with Gasteiger partial charge in [-0.25, -0.2) is 4.79 Å². The molecule has 6 heteroatoms. The fraction of sp³-hybridized carbons (Fsp3) is 0. The second kappa shape index (κ2) is 6.56. The van der Waals surface area contributed by atoms with Gasteiger partial charge in [-0.3, -0.25) is 4.72 Å². The molecule has 0 fully saturated rings. The van der Waals surface area contributed by atoms with Crippen molar-refractivity contribution < 1.29 is 4.79 Å². The molecule has 3 nitrogen and oxygen atoms in total. The molecular formula is C7H8ClN2NaOS. The van der Waals surface area contributed by atoms with Gasteiger partial charge in [-0.2, -0.15) is 0 Å². The molecule has 0 radical (unpaired) electrons. The molecule has 1 aromatic carbocycles. The van der Waals surface area contributed by atoms with Crippen LogP contribution in [-0.2, 0) is 0 Å². The molecule has 0 atom stereocenters. The zero-order valence-electron chi connectivity index (χ0n) is 6.08. The molecule has 0 aromatic heterocycles. The molecule has 0 aliphatic heterocycles. The Morgan fingerprint density at radius 3 is 2.38 bits per heavy atom. The number of urea groups is 1. The van der Waals surface area contributed by atoms with Crippen molar-refractivity contribution in [2.75, 3.05) is 0 Å². The van der Waals surface area contributed by atoms with E-state index in [1.165, 1.54) is 0 Å². The van der Waals surface area contributed by atoms with Crippen LogP contribution in [0.5, 0.6) is 0 Å². The van der Waals surface area contributed by atoms with Crippen LogP contribution in [0.1, 0.15) is 0 Å². The van der Waals surface area contributed by atoms with E-state index < -0.39 is 6.03 Å². The molecule has 66 valence electrons. The van der Waals surface area contributed by atoms with Gasteiger partial charge in [-0.15, -0.1) is 0 Å². The number of halogens is 1. The number of primary amides is 1. The van der Waals surface area contributed by atoms with Crippen LogP contribution in [0.4, 0.5) is 4.79 Å². The Kier molecular flexibility index (Phi) is 6.63. The van der Waals surface area contributed by atoms with Crippen LogP contribution in [0.15, 0.2) is 29.2 Å². The number of carbonyl (C=O) groups is 1. The van der Waals surface area contributed by atoms with Crippen molar-refractivity contribution in [1.82, 2.24) is 4.72 Å². The van der Waals surface area contributed by atoms with E-state index in [0.717, 1.165) is 16.8 Å². The van der Waals surface area contributed by atoms with Gasteiger partial charge < -0.3 is 5.73 Å². The Morgan fingerprint density at radius 1 is 1.38 bits per heavy atom. The number of hydrogen-bond donors (Lipinski definition) is 2. The number of amides is 2. The fourth-order valence-electron chi connectivity index (χ4n) is 0.612. The average molecular weight is 227 g/mol. The van der Waals surface area contributed by atoms with Gasteiger partial charge in [0.15, 0.2) is 0 Å². The van der Waals surface area contributed by atoms with Gasteiger partial charge >= 0.3 is 35.6 Å². The topological polar surface area (TPSA) is 55.1 Å². The van der Waals surface area contributed by atoms with Crippen molar-refractivity contribution in [3.05, 3.63) is 29.3 Å². The van der Waals surface area contributed by atoms with E-state index in [1.807, 2.05) is 0 Å². The summed E-state index contributed by atoms with van der Waals surface area (Å²) in [4.78, 5) is 11.2. The predicted octanol–water partition coefficient (Wildman–Crippen LogP) is 1.37. The minimum atomic E-state index is -0.560. The van der Waals surface area contributed by atoms with Crippen LogP contribution in [0.25, 0.3) is 0 Å². The number of benzene rings is 1. The molecule has 0 bridgehead atoms.